The Morgan fingerprint density at radius 2 is 1.56 bits per heavy atom. The average molecular weight is 213 g/mol. The van der Waals surface area contributed by atoms with Crippen LogP contribution in [0.1, 0.15) is 25.0 Å². The van der Waals surface area contributed by atoms with Crippen molar-refractivity contribution in [3.63, 3.8) is 0 Å². The summed E-state index contributed by atoms with van der Waals surface area (Å²) >= 11 is 0. The molecule has 2 aromatic rings. The van der Waals surface area contributed by atoms with Gasteiger partial charge in [0.15, 0.2) is 0 Å². The van der Waals surface area contributed by atoms with Crippen LogP contribution in [0, 0.1) is 13.8 Å². The van der Waals surface area contributed by atoms with E-state index >= 15 is 0 Å². The smallest absolute Gasteiger partial charge is 0.0731 e. The van der Waals surface area contributed by atoms with E-state index in [1.165, 1.54) is 16.7 Å². The molecule has 0 aliphatic heterocycles. The molecule has 1 heterocycles. The van der Waals surface area contributed by atoms with Crippen LogP contribution in [0.2, 0.25) is 0 Å². The number of aromatic nitrogens is 1. The molecule has 0 atom stereocenters. The molecule has 1 aromatic carbocycles. The van der Waals surface area contributed by atoms with Crippen LogP contribution in [0.15, 0.2) is 42.6 Å². The van der Waals surface area contributed by atoms with Gasteiger partial charge in [-0.25, -0.2) is 0 Å². The second-order valence-corrected chi connectivity index (χ2v) is 3.54. The summed E-state index contributed by atoms with van der Waals surface area (Å²) in [6.07, 6.45) is 1.91. The first-order chi connectivity index (χ1) is 7.77. The van der Waals surface area contributed by atoms with E-state index < -0.39 is 0 Å². The van der Waals surface area contributed by atoms with E-state index in [4.69, 9.17) is 0 Å². The lowest BCUT2D eigenvalue weighted by atomic mass is 10.1. The SMILES string of the molecule is CC.Cc1cnc(-c2ccccc2)c(C)c1. The van der Waals surface area contributed by atoms with Crippen LogP contribution in [-0.4, -0.2) is 4.98 Å². The van der Waals surface area contributed by atoms with Crippen molar-refractivity contribution in [2.45, 2.75) is 27.7 Å². The summed E-state index contributed by atoms with van der Waals surface area (Å²) in [5.74, 6) is 0. The van der Waals surface area contributed by atoms with Gasteiger partial charge in [0.2, 0.25) is 0 Å². The normalized spacial score (nSPS) is 9.25. The van der Waals surface area contributed by atoms with Crippen molar-refractivity contribution in [3.8, 4) is 11.3 Å². The summed E-state index contributed by atoms with van der Waals surface area (Å²) in [5, 5.41) is 0. The highest BCUT2D eigenvalue weighted by atomic mass is 14.7. The average Bonchev–Trinajstić information content (AvgIpc) is 2.33. The number of hydrogen-bond donors (Lipinski definition) is 0. The molecule has 0 aliphatic carbocycles. The molecule has 0 radical (unpaired) electrons. The van der Waals surface area contributed by atoms with Crippen LogP contribution in [0.5, 0.6) is 0 Å². The highest BCUT2D eigenvalue weighted by molar-refractivity contribution is 5.62. The molecule has 2 rings (SSSR count). The Labute approximate surface area is 98.2 Å². The maximum atomic E-state index is 4.45. The number of rotatable bonds is 1. The fraction of sp³-hybridized carbons (Fsp3) is 0.267. The molecule has 0 saturated heterocycles. The van der Waals surface area contributed by atoms with Crippen LogP contribution in [0.3, 0.4) is 0 Å². The number of pyridine rings is 1. The van der Waals surface area contributed by atoms with Crippen molar-refractivity contribution >= 4 is 0 Å². The third-order valence-corrected chi connectivity index (χ3v) is 2.26. The predicted molar refractivity (Wildman–Crippen MR) is 70.5 cm³/mol. The van der Waals surface area contributed by atoms with E-state index in [9.17, 15) is 0 Å². The van der Waals surface area contributed by atoms with Gasteiger partial charge in [0.1, 0.15) is 0 Å². The molecule has 0 bridgehead atoms. The molecule has 0 amide bonds. The zero-order valence-electron chi connectivity index (χ0n) is 10.5. The predicted octanol–water partition coefficient (Wildman–Crippen LogP) is 4.39. The molecule has 0 spiro atoms. The Morgan fingerprint density at radius 1 is 0.938 bits per heavy atom. The number of hydrogen-bond acceptors (Lipinski definition) is 1. The number of nitrogens with zero attached hydrogens (tertiary/aromatic N) is 1. The van der Waals surface area contributed by atoms with Crippen LogP contribution < -0.4 is 0 Å². The van der Waals surface area contributed by atoms with Crippen molar-refractivity contribution < 1.29 is 0 Å². The minimum absolute atomic E-state index is 1.08. The van der Waals surface area contributed by atoms with Gasteiger partial charge in [0.25, 0.3) is 0 Å². The van der Waals surface area contributed by atoms with Crippen molar-refractivity contribution in [2.75, 3.05) is 0 Å². The second-order valence-electron chi connectivity index (χ2n) is 3.54. The summed E-state index contributed by atoms with van der Waals surface area (Å²) in [6, 6.07) is 12.4. The first-order valence-corrected chi connectivity index (χ1v) is 5.76. The van der Waals surface area contributed by atoms with E-state index in [0.717, 1.165) is 5.69 Å². The molecule has 0 fully saturated rings. The monoisotopic (exact) mass is 213 g/mol. The lowest BCUT2D eigenvalue weighted by molar-refractivity contribution is 1.22. The summed E-state index contributed by atoms with van der Waals surface area (Å²) in [6.45, 7) is 8.16. The fourth-order valence-corrected chi connectivity index (χ4v) is 1.61. The van der Waals surface area contributed by atoms with Gasteiger partial charge in [0, 0.05) is 11.8 Å². The third kappa shape index (κ3) is 2.93. The summed E-state index contributed by atoms with van der Waals surface area (Å²) in [4.78, 5) is 4.45. The van der Waals surface area contributed by atoms with Gasteiger partial charge in [-0.05, 0) is 25.0 Å². The van der Waals surface area contributed by atoms with Gasteiger partial charge in [-0.1, -0.05) is 50.2 Å². The maximum absolute atomic E-state index is 4.45. The van der Waals surface area contributed by atoms with Crippen LogP contribution in [-0.2, 0) is 0 Å². The second kappa shape index (κ2) is 6.06. The topological polar surface area (TPSA) is 12.9 Å². The van der Waals surface area contributed by atoms with Crippen molar-refractivity contribution in [2.24, 2.45) is 0 Å². The molecule has 1 heteroatoms. The standard InChI is InChI=1S/C13H13N.C2H6/c1-10-8-11(2)13(14-9-10)12-6-4-3-5-7-12;1-2/h3-9H,1-2H3;1-2H3. The fourth-order valence-electron chi connectivity index (χ4n) is 1.61. The van der Waals surface area contributed by atoms with E-state index in [2.05, 4.69) is 37.0 Å². The Morgan fingerprint density at radius 3 is 2.12 bits per heavy atom. The van der Waals surface area contributed by atoms with E-state index in [1.54, 1.807) is 0 Å². The van der Waals surface area contributed by atoms with Crippen molar-refractivity contribution in [1.82, 2.24) is 4.98 Å². The van der Waals surface area contributed by atoms with Crippen LogP contribution in [0.4, 0.5) is 0 Å². The van der Waals surface area contributed by atoms with Gasteiger partial charge in [0.05, 0.1) is 5.69 Å². The minimum atomic E-state index is 1.08. The molecule has 0 saturated carbocycles. The zero-order chi connectivity index (χ0) is 12.0. The molecular formula is C15H19N. The lowest BCUT2D eigenvalue weighted by Gasteiger charge is -2.05. The highest BCUT2D eigenvalue weighted by Crippen LogP contribution is 2.20. The first kappa shape index (κ1) is 12.4. The van der Waals surface area contributed by atoms with Gasteiger partial charge in [-0.2, -0.15) is 0 Å². The Kier molecular flexibility index (Phi) is 4.71. The number of benzene rings is 1. The quantitative estimate of drug-likeness (QED) is 0.684. The molecule has 1 aromatic heterocycles. The Hall–Kier alpha value is -1.63. The molecule has 16 heavy (non-hydrogen) atoms. The summed E-state index contributed by atoms with van der Waals surface area (Å²) < 4.78 is 0. The van der Waals surface area contributed by atoms with Crippen molar-refractivity contribution in [1.29, 1.82) is 0 Å². The molecule has 0 unspecified atom stereocenters. The summed E-state index contributed by atoms with van der Waals surface area (Å²) in [5.41, 5.74) is 4.71. The minimum Gasteiger partial charge on any atom is -0.256 e. The first-order valence-electron chi connectivity index (χ1n) is 5.76. The van der Waals surface area contributed by atoms with Gasteiger partial charge >= 0.3 is 0 Å². The van der Waals surface area contributed by atoms with Gasteiger partial charge in [-0.15, -0.1) is 0 Å². The molecule has 0 aliphatic rings. The number of aryl methyl sites for hydroxylation is 2. The third-order valence-electron chi connectivity index (χ3n) is 2.26. The van der Waals surface area contributed by atoms with E-state index in [1.807, 2.05) is 38.2 Å². The molecule has 84 valence electrons. The van der Waals surface area contributed by atoms with E-state index in [0.29, 0.717) is 0 Å². The Balaban J connectivity index is 0.000000606. The van der Waals surface area contributed by atoms with Crippen LogP contribution in [0.25, 0.3) is 11.3 Å². The van der Waals surface area contributed by atoms with Gasteiger partial charge in [-0.3, -0.25) is 4.98 Å². The zero-order valence-corrected chi connectivity index (χ0v) is 10.5. The summed E-state index contributed by atoms with van der Waals surface area (Å²) in [7, 11) is 0. The van der Waals surface area contributed by atoms with E-state index in [-0.39, 0.29) is 0 Å². The lowest BCUT2D eigenvalue weighted by Crippen LogP contribution is -1.88. The Bertz CT molecular complexity index is 432. The van der Waals surface area contributed by atoms with Gasteiger partial charge < -0.3 is 0 Å². The molecule has 1 nitrogen and oxygen atoms in total. The van der Waals surface area contributed by atoms with Crippen molar-refractivity contribution in [3.05, 3.63) is 53.7 Å². The highest BCUT2D eigenvalue weighted by Gasteiger charge is 2.01. The largest absolute Gasteiger partial charge is 0.256 e. The molecular weight excluding hydrogens is 194 g/mol. The molecule has 0 N–H and O–H groups in total. The maximum Gasteiger partial charge on any atom is 0.0731 e. The van der Waals surface area contributed by atoms with Crippen LogP contribution >= 0.6 is 0 Å².